The van der Waals surface area contributed by atoms with Crippen molar-refractivity contribution in [1.29, 1.82) is 0 Å². The highest BCUT2D eigenvalue weighted by Crippen LogP contribution is 2.31. The minimum Gasteiger partial charge on any atom is -0.399 e. The molecule has 1 aromatic heterocycles. The molecule has 0 bridgehead atoms. The molecule has 2 heterocycles. The van der Waals surface area contributed by atoms with Gasteiger partial charge in [-0.3, -0.25) is 4.90 Å². The number of rotatable bonds is 1. The lowest BCUT2D eigenvalue weighted by Gasteiger charge is -2.42. The van der Waals surface area contributed by atoms with Gasteiger partial charge in [-0.15, -0.1) is 0 Å². The van der Waals surface area contributed by atoms with Crippen LogP contribution in [0.3, 0.4) is 0 Å². The zero-order chi connectivity index (χ0) is 14.3. The van der Waals surface area contributed by atoms with Crippen LogP contribution in [0, 0.1) is 0 Å². The van der Waals surface area contributed by atoms with Gasteiger partial charge in [-0.1, -0.05) is 11.3 Å². The molecule has 4 nitrogen and oxygen atoms in total. The lowest BCUT2D eigenvalue weighted by Crippen LogP contribution is -2.53. The number of anilines is 2. The standard InChI is InChI=1S/C15H22N4S/c1-15(2,3)19-8-6-18(7-9-19)14-17-12-5-4-11(16)10-13(12)20-14/h4-5,10H,6-9,16H2,1-3H3. The quantitative estimate of drug-likeness (QED) is 0.820. The average Bonchev–Trinajstić information content (AvgIpc) is 2.80. The molecule has 1 fully saturated rings. The van der Waals surface area contributed by atoms with Gasteiger partial charge in [-0.2, -0.15) is 0 Å². The van der Waals surface area contributed by atoms with E-state index in [0.717, 1.165) is 42.5 Å². The summed E-state index contributed by atoms with van der Waals surface area (Å²) in [6.07, 6.45) is 0. The highest BCUT2D eigenvalue weighted by atomic mass is 32.1. The van der Waals surface area contributed by atoms with Gasteiger partial charge < -0.3 is 10.6 Å². The fourth-order valence-electron chi connectivity index (χ4n) is 2.63. The van der Waals surface area contributed by atoms with E-state index >= 15 is 0 Å². The topological polar surface area (TPSA) is 45.4 Å². The van der Waals surface area contributed by atoms with Crippen molar-refractivity contribution < 1.29 is 0 Å². The molecule has 0 saturated carbocycles. The smallest absolute Gasteiger partial charge is 0.186 e. The number of nitrogen functional groups attached to an aromatic ring is 1. The summed E-state index contributed by atoms with van der Waals surface area (Å²) in [5.41, 5.74) is 7.96. The summed E-state index contributed by atoms with van der Waals surface area (Å²) in [7, 11) is 0. The second-order valence-corrected chi connectivity index (χ2v) is 7.38. The average molecular weight is 290 g/mol. The maximum Gasteiger partial charge on any atom is 0.186 e. The third kappa shape index (κ3) is 2.60. The summed E-state index contributed by atoms with van der Waals surface area (Å²) in [6.45, 7) is 11.1. The van der Waals surface area contributed by atoms with Crippen LogP contribution in [0.1, 0.15) is 20.8 Å². The first-order chi connectivity index (χ1) is 9.43. The van der Waals surface area contributed by atoms with Crippen molar-refractivity contribution in [2.24, 2.45) is 0 Å². The second-order valence-electron chi connectivity index (χ2n) is 6.37. The Morgan fingerprint density at radius 3 is 2.50 bits per heavy atom. The Hall–Kier alpha value is -1.33. The van der Waals surface area contributed by atoms with E-state index in [0.29, 0.717) is 0 Å². The van der Waals surface area contributed by atoms with Gasteiger partial charge in [0.1, 0.15) is 0 Å². The molecule has 1 saturated heterocycles. The molecule has 0 aliphatic carbocycles. The SMILES string of the molecule is CC(C)(C)N1CCN(c2nc3ccc(N)cc3s2)CC1. The Morgan fingerprint density at radius 2 is 1.85 bits per heavy atom. The molecule has 3 rings (SSSR count). The zero-order valence-electron chi connectivity index (χ0n) is 12.4. The largest absolute Gasteiger partial charge is 0.399 e. The van der Waals surface area contributed by atoms with Crippen molar-refractivity contribution in [2.45, 2.75) is 26.3 Å². The lowest BCUT2D eigenvalue weighted by molar-refractivity contribution is 0.128. The minimum absolute atomic E-state index is 0.258. The Kier molecular flexibility index (Phi) is 3.34. The first-order valence-corrected chi connectivity index (χ1v) is 7.91. The third-order valence-electron chi connectivity index (χ3n) is 3.90. The van der Waals surface area contributed by atoms with Gasteiger partial charge in [0.25, 0.3) is 0 Å². The summed E-state index contributed by atoms with van der Waals surface area (Å²) >= 11 is 1.74. The maximum absolute atomic E-state index is 5.84. The fourth-order valence-corrected chi connectivity index (χ4v) is 3.70. The molecule has 2 N–H and O–H groups in total. The predicted octanol–water partition coefficient (Wildman–Crippen LogP) is 2.80. The molecule has 0 amide bonds. The van der Waals surface area contributed by atoms with Crippen LogP contribution in [0.5, 0.6) is 0 Å². The number of thiazole rings is 1. The van der Waals surface area contributed by atoms with E-state index in [1.807, 2.05) is 18.2 Å². The number of hydrogen-bond acceptors (Lipinski definition) is 5. The Labute approximate surface area is 124 Å². The minimum atomic E-state index is 0.258. The second kappa shape index (κ2) is 4.90. The van der Waals surface area contributed by atoms with Crippen LogP contribution in [-0.2, 0) is 0 Å². The van der Waals surface area contributed by atoms with Crippen LogP contribution in [0.2, 0.25) is 0 Å². The van der Waals surface area contributed by atoms with Crippen LogP contribution >= 0.6 is 11.3 Å². The number of fused-ring (bicyclic) bond motifs is 1. The lowest BCUT2D eigenvalue weighted by atomic mass is 10.1. The van der Waals surface area contributed by atoms with E-state index in [2.05, 4.69) is 30.6 Å². The number of piperazine rings is 1. The first kappa shape index (κ1) is 13.6. The van der Waals surface area contributed by atoms with E-state index in [1.165, 1.54) is 4.70 Å². The Balaban J connectivity index is 1.76. The van der Waals surface area contributed by atoms with Gasteiger partial charge in [0, 0.05) is 37.4 Å². The monoisotopic (exact) mass is 290 g/mol. The van der Waals surface area contributed by atoms with Crippen molar-refractivity contribution in [2.75, 3.05) is 36.8 Å². The summed E-state index contributed by atoms with van der Waals surface area (Å²) in [4.78, 5) is 9.66. The molecule has 1 aliphatic heterocycles. The van der Waals surface area contributed by atoms with Crippen molar-refractivity contribution in [3.8, 4) is 0 Å². The molecular weight excluding hydrogens is 268 g/mol. The van der Waals surface area contributed by atoms with Crippen molar-refractivity contribution >= 4 is 32.4 Å². The summed E-state index contributed by atoms with van der Waals surface area (Å²) < 4.78 is 1.18. The highest BCUT2D eigenvalue weighted by Gasteiger charge is 2.26. The van der Waals surface area contributed by atoms with Crippen LogP contribution < -0.4 is 10.6 Å². The maximum atomic E-state index is 5.84. The van der Waals surface area contributed by atoms with E-state index in [9.17, 15) is 0 Å². The van der Waals surface area contributed by atoms with Crippen LogP contribution in [0.4, 0.5) is 10.8 Å². The first-order valence-electron chi connectivity index (χ1n) is 7.09. The molecular formula is C15H22N4S. The predicted molar refractivity (Wildman–Crippen MR) is 87.6 cm³/mol. The molecule has 5 heteroatoms. The van der Waals surface area contributed by atoms with Crippen molar-refractivity contribution in [3.63, 3.8) is 0 Å². The molecule has 108 valence electrons. The molecule has 0 radical (unpaired) electrons. The van der Waals surface area contributed by atoms with E-state index in [1.54, 1.807) is 11.3 Å². The van der Waals surface area contributed by atoms with Gasteiger partial charge in [0.2, 0.25) is 0 Å². The van der Waals surface area contributed by atoms with Crippen molar-refractivity contribution in [1.82, 2.24) is 9.88 Å². The summed E-state index contributed by atoms with van der Waals surface area (Å²) in [5.74, 6) is 0. The number of hydrogen-bond donors (Lipinski definition) is 1. The van der Waals surface area contributed by atoms with E-state index in [-0.39, 0.29) is 5.54 Å². The molecule has 0 atom stereocenters. The number of nitrogens with two attached hydrogens (primary N) is 1. The van der Waals surface area contributed by atoms with E-state index in [4.69, 9.17) is 10.7 Å². The molecule has 1 aliphatic rings. The molecule has 20 heavy (non-hydrogen) atoms. The molecule has 1 aromatic carbocycles. The van der Waals surface area contributed by atoms with Crippen LogP contribution in [-0.4, -0.2) is 41.6 Å². The number of nitrogens with zero attached hydrogens (tertiary/aromatic N) is 3. The van der Waals surface area contributed by atoms with Gasteiger partial charge in [0.05, 0.1) is 10.2 Å². The van der Waals surface area contributed by atoms with Crippen molar-refractivity contribution in [3.05, 3.63) is 18.2 Å². The normalized spacial score (nSPS) is 17.9. The molecule has 0 spiro atoms. The van der Waals surface area contributed by atoms with Crippen LogP contribution in [0.25, 0.3) is 10.2 Å². The number of benzene rings is 1. The summed E-state index contributed by atoms with van der Waals surface area (Å²) in [5, 5.41) is 1.12. The van der Waals surface area contributed by atoms with Gasteiger partial charge in [-0.05, 0) is 39.0 Å². The van der Waals surface area contributed by atoms with Gasteiger partial charge in [-0.25, -0.2) is 4.98 Å². The third-order valence-corrected chi connectivity index (χ3v) is 4.98. The Bertz CT molecular complexity index is 606. The van der Waals surface area contributed by atoms with Crippen LogP contribution in [0.15, 0.2) is 18.2 Å². The zero-order valence-corrected chi connectivity index (χ0v) is 13.2. The van der Waals surface area contributed by atoms with E-state index < -0.39 is 0 Å². The van der Waals surface area contributed by atoms with Gasteiger partial charge >= 0.3 is 0 Å². The Morgan fingerprint density at radius 1 is 1.15 bits per heavy atom. The molecule has 0 unspecified atom stereocenters. The van der Waals surface area contributed by atoms with Gasteiger partial charge in [0.15, 0.2) is 5.13 Å². The number of aromatic nitrogens is 1. The molecule has 2 aromatic rings. The summed E-state index contributed by atoms with van der Waals surface area (Å²) in [6, 6.07) is 5.95. The highest BCUT2D eigenvalue weighted by molar-refractivity contribution is 7.22. The fraction of sp³-hybridized carbons (Fsp3) is 0.533.